The molecule has 0 radical (unpaired) electrons. The average molecular weight is 249 g/mol. The van der Waals surface area contributed by atoms with Gasteiger partial charge in [0, 0.05) is 18.0 Å². The standard InChI is InChI=1S/C15H23NO2/c1-11(2)18-14-8-4-7-13(17-3)15(14)12-6-5-9-16-10-12/h4,7-8,11-12,16H,5-6,9-10H2,1-3H3. The Morgan fingerprint density at radius 2 is 2.06 bits per heavy atom. The minimum Gasteiger partial charge on any atom is -0.496 e. The first-order chi connectivity index (χ1) is 8.72. The third-order valence-corrected chi connectivity index (χ3v) is 3.31. The minimum absolute atomic E-state index is 0.187. The Balaban J connectivity index is 2.33. The number of hydrogen-bond donors (Lipinski definition) is 1. The maximum absolute atomic E-state index is 5.93. The zero-order chi connectivity index (χ0) is 13.0. The molecule has 1 aromatic carbocycles. The summed E-state index contributed by atoms with van der Waals surface area (Å²) in [6.07, 6.45) is 2.60. The molecular weight excluding hydrogens is 226 g/mol. The fourth-order valence-electron chi connectivity index (χ4n) is 2.56. The van der Waals surface area contributed by atoms with Gasteiger partial charge in [-0.2, -0.15) is 0 Å². The summed E-state index contributed by atoms with van der Waals surface area (Å²) in [5.41, 5.74) is 1.22. The Morgan fingerprint density at radius 1 is 1.28 bits per heavy atom. The zero-order valence-electron chi connectivity index (χ0n) is 11.5. The first kappa shape index (κ1) is 13.2. The fourth-order valence-corrected chi connectivity index (χ4v) is 2.56. The Labute approximate surface area is 109 Å². The molecular formula is C15H23NO2. The van der Waals surface area contributed by atoms with Crippen molar-refractivity contribution in [3.05, 3.63) is 23.8 Å². The molecule has 1 atom stereocenters. The molecule has 1 N–H and O–H groups in total. The molecule has 1 aromatic rings. The van der Waals surface area contributed by atoms with Crippen LogP contribution in [0.5, 0.6) is 11.5 Å². The van der Waals surface area contributed by atoms with E-state index < -0.39 is 0 Å². The quantitative estimate of drug-likeness (QED) is 0.890. The summed E-state index contributed by atoms with van der Waals surface area (Å²) in [5.74, 6) is 2.41. The van der Waals surface area contributed by atoms with Crippen molar-refractivity contribution < 1.29 is 9.47 Å². The highest BCUT2D eigenvalue weighted by atomic mass is 16.5. The highest BCUT2D eigenvalue weighted by Crippen LogP contribution is 2.38. The van der Waals surface area contributed by atoms with Gasteiger partial charge in [0.2, 0.25) is 0 Å². The largest absolute Gasteiger partial charge is 0.496 e. The van der Waals surface area contributed by atoms with E-state index in [1.165, 1.54) is 18.4 Å². The lowest BCUT2D eigenvalue weighted by atomic mass is 9.90. The van der Waals surface area contributed by atoms with Crippen LogP contribution in [0.1, 0.15) is 38.2 Å². The van der Waals surface area contributed by atoms with Gasteiger partial charge in [-0.05, 0) is 45.4 Å². The Morgan fingerprint density at radius 3 is 2.67 bits per heavy atom. The van der Waals surface area contributed by atoms with Crippen LogP contribution in [0, 0.1) is 0 Å². The Kier molecular flexibility index (Phi) is 4.48. The predicted molar refractivity (Wildman–Crippen MR) is 73.6 cm³/mol. The second kappa shape index (κ2) is 6.10. The Bertz CT molecular complexity index is 384. The molecule has 0 saturated carbocycles. The molecule has 1 aliphatic rings. The van der Waals surface area contributed by atoms with Crippen molar-refractivity contribution in [2.75, 3.05) is 20.2 Å². The van der Waals surface area contributed by atoms with Crippen LogP contribution in [0.25, 0.3) is 0 Å². The normalized spacial score (nSPS) is 19.9. The van der Waals surface area contributed by atoms with E-state index in [1.807, 2.05) is 18.2 Å². The topological polar surface area (TPSA) is 30.5 Å². The van der Waals surface area contributed by atoms with Crippen LogP contribution in [-0.2, 0) is 0 Å². The lowest BCUT2D eigenvalue weighted by molar-refractivity contribution is 0.235. The van der Waals surface area contributed by atoms with Crippen molar-refractivity contribution >= 4 is 0 Å². The van der Waals surface area contributed by atoms with Gasteiger partial charge in [0.15, 0.2) is 0 Å². The highest BCUT2D eigenvalue weighted by Gasteiger charge is 2.23. The molecule has 18 heavy (non-hydrogen) atoms. The monoisotopic (exact) mass is 249 g/mol. The third kappa shape index (κ3) is 2.96. The third-order valence-electron chi connectivity index (χ3n) is 3.31. The van der Waals surface area contributed by atoms with Crippen molar-refractivity contribution in [3.63, 3.8) is 0 Å². The van der Waals surface area contributed by atoms with Gasteiger partial charge in [-0.15, -0.1) is 0 Å². The first-order valence-electron chi connectivity index (χ1n) is 6.76. The van der Waals surface area contributed by atoms with Crippen LogP contribution < -0.4 is 14.8 Å². The SMILES string of the molecule is COc1cccc(OC(C)C)c1C1CCCNC1. The smallest absolute Gasteiger partial charge is 0.126 e. The molecule has 0 spiro atoms. The van der Waals surface area contributed by atoms with E-state index in [9.17, 15) is 0 Å². The number of methoxy groups -OCH3 is 1. The van der Waals surface area contributed by atoms with Gasteiger partial charge in [0.1, 0.15) is 11.5 Å². The molecule has 1 aliphatic heterocycles. The second-order valence-corrected chi connectivity index (χ2v) is 5.08. The van der Waals surface area contributed by atoms with Gasteiger partial charge < -0.3 is 14.8 Å². The van der Waals surface area contributed by atoms with Gasteiger partial charge in [-0.3, -0.25) is 0 Å². The van der Waals surface area contributed by atoms with Gasteiger partial charge in [0.05, 0.1) is 13.2 Å². The Hall–Kier alpha value is -1.22. The van der Waals surface area contributed by atoms with E-state index in [0.29, 0.717) is 5.92 Å². The van der Waals surface area contributed by atoms with E-state index >= 15 is 0 Å². The summed E-state index contributed by atoms with van der Waals surface area (Å²) in [6.45, 7) is 6.24. The van der Waals surface area contributed by atoms with Crippen LogP contribution >= 0.6 is 0 Å². The number of ether oxygens (including phenoxy) is 2. The van der Waals surface area contributed by atoms with Crippen LogP contribution in [-0.4, -0.2) is 26.3 Å². The molecule has 0 aromatic heterocycles. The molecule has 0 aliphatic carbocycles. The molecule has 0 bridgehead atoms. The number of benzene rings is 1. The lowest BCUT2D eigenvalue weighted by Gasteiger charge is -2.27. The van der Waals surface area contributed by atoms with Crippen LogP contribution in [0.2, 0.25) is 0 Å². The molecule has 2 rings (SSSR count). The van der Waals surface area contributed by atoms with Crippen molar-refractivity contribution in [1.82, 2.24) is 5.32 Å². The highest BCUT2D eigenvalue weighted by molar-refractivity contribution is 5.47. The van der Waals surface area contributed by atoms with Crippen molar-refractivity contribution in [2.45, 2.75) is 38.7 Å². The number of hydrogen-bond acceptors (Lipinski definition) is 3. The summed E-state index contributed by atoms with van der Waals surface area (Å²) >= 11 is 0. The van der Waals surface area contributed by atoms with Gasteiger partial charge >= 0.3 is 0 Å². The number of rotatable bonds is 4. The molecule has 3 heteroatoms. The summed E-state index contributed by atoms with van der Waals surface area (Å²) in [6, 6.07) is 6.07. The number of nitrogens with one attached hydrogen (secondary N) is 1. The van der Waals surface area contributed by atoms with Crippen molar-refractivity contribution in [2.24, 2.45) is 0 Å². The molecule has 1 fully saturated rings. The maximum Gasteiger partial charge on any atom is 0.126 e. The van der Waals surface area contributed by atoms with Gasteiger partial charge in [-0.25, -0.2) is 0 Å². The van der Waals surface area contributed by atoms with Crippen molar-refractivity contribution in [3.8, 4) is 11.5 Å². The van der Waals surface area contributed by atoms with E-state index in [-0.39, 0.29) is 6.10 Å². The van der Waals surface area contributed by atoms with E-state index in [0.717, 1.165) is 24.6 Å². The number of piperidine rings is 1. The molecule has 1 heterocycles. The molecule has 1 saturated heterocycles. The van der Waals surface area contributed by atoms with Crippen LogP contribution in [0.4, 0.5) is 0 Å². The van der Waals surface area contributed by atoms with E-state index in [1.54, 1.807) is 7.11 Å². The van der Waals surface area contributed by atoms with Gasteiger partial charge in [-0.1, -0.05) is 6.07 Å². The zero-order valence-corrected chi connectivity index (χ0v) is 11.5. The van der Waals surface area contributed by atoms with Crippen LogP contribution in [0.15, 0.2) is 18.2 Å². The van der Waals surface area contributed by atoms with Gasteiger partial charge in [0.25, 0.3) is 0 Å². The van der Waals surface area contributed by atoms with E-state index in [4.69, 9.17) is 9.47 Å². The molecule has 100 valence electrons. The lowest BCUT2D eigenvalue weighted by Crippen LogP contribution is -2.29. The summed E-state index contributed by atoms with van der Waals surface area (Å²) in [4.78, 5) is 0. The maximum atomic E-state index is 5.93. The summed E-state index contributed by atoms with van der Waals surface area (Å²) in [7, 11) is 1.73. The first-order valence-corrected chi connectivity index (χ1v) is 6.76. The fraction of sp³-hybridized carbons (Fsp3) is 0.600. The molecule has 0 amide bonds. The summed E-state index contributed by atoms with van der Waals surface area (Å²) < 4.78 is 11.4. The molecule has 3 nitrogen and oxygen atoms in total. The molecule has 1 unspecified atom stereocenters. The summed E-state index contributed by atoms with van der Waals surface area (Å²) in [5, 5.41) is 3.45. The predicted octanol–water partition coefficient (Wildman–Crippen LogP) is 2.95. The van der Waals surface area contributed by atoms with Crippen LogP contribution in [0.3, 0.4) is 0 Å². The average Bonchev–Trinajstić information content (AvgIpc) is 2.38. The minimum atomic E-state index is 0.187. The van der Waals surface area contributed by atoms with E-state index in [2.05, 4.69) is 19.2 Å². The second-order valence-electron chi connectivity index (χ2n) is 5.08. The van der Waals surface area contributed by atoms with Crippen molar-refractivity contribution in [1.29, 1.82) is 0 Å².